The van der Waals surface area contributed by atoms with Gasteiger partial charge in [0.2, 0.25) is 5.91 Å². The Morgan fingerprint density at radius 2 is 2.52 bits per heavy atom. The number of carbonyl (C=O) groups excluding carboxylic acids is 1. The minimum Gasteiger partial charge on any atom is -0.366 e. The first-order valence-electron chi connectivity index (χ1n) is 7.02. The number of carbonyl (C=O) groups is 1. The zero-order valence-corrected chi connectivity index (χ0v) is 12.7. The second-order valence-corrected chi connectivity index (χ2v) is 5.89. The van der Waals surface area contributed by atoms with Crippen molar-refractivity contribution in [3.8, 4) is 0 Å². The number of aromatic nitrogens is 3. The van der Waals surface area contributed by atoms with Gasteiger partial charge < -0.3 is 9.64 Å². The average Bonchev–Trinajstić information content (AvgIpc) is 3.16. The van der Waals surface area contributed by atoms with Crippen molar-refractivity contribution in [2.45, 2.75) is 25.9 Å². The van der Waals surface area contributed by atoms with Gasteiger partial charge >= 0.3 is 0 Å². The first-order chi connectivity index (χ1) is 10.2. The minimum absolute atomic E-state index is 0.168. The van der Waals surface area contributed by atoms with Crippen LogP contribution in [-0.2, 0) is 16.0 Å². The molecule has 7 heteroatoms. The van der Waals surface area contributed by atoms with E-state index >= 15 is 0 Å². The van der Waals surface area contributed by atoms with Crippen molar-refractivity contribution < 1.29 is 9.53 Å². The number of rotatable bonds is 4. The van der Waals surface area contributed by atoms with E-state index < -0.39 is 0 Å². The van der Waals surface area contributed by atoms with Crippen LogP contribution in [0.15, 0.2) is 16.8 Å². The lowest BCUT2D eigenvalue weighted by Gasteiger charge is -2.31. The summed E-state index contributed by atoms with van der Waals surface area (Å²) in [5.41, 5.74) is 1.22. The van der Waals surface area contributed by atoms with E-state index in [2.05, 4.69) is 26.6 Å². The molecule has 0 radical (unpaired) electrons. The Bertz CT molecular complexity index is 596. The summed E-state index contributed by atoms with van der Waals surface area (Å²) in [5, 5.41) is 11.1. The summed E-state index contributed by atoms with van der Waals surface area (Å²) in [6.07, 6.45) is 1.11. The molecule has 0 saturated carbocycles. The van der Waals surface area contributed by atoms with Crippen LogP contribution in [0.2, 0.25) is 0 Å². The van der Waals surface area contributed by atoms with Crippen molar-refractivity contribution in [3.05, 3.63) is 34.0 Å². The first-order valence-corrected chi connectivity index (χ1v) is 7.96. The lowest BCUT2D eigenvalue weighted by atomic mass is 10.1. The quantitative estimate of drug-likeness (QED) is 0.933. The Labute approximate surface area is 127 Å². The molecule has 0 unspecified atom stereocenters. The van der Waals surface area contributed by atoms with E-state index in [4.69, 9.17) is 4.74 Å². The minimum atomic E-state index is -0.228. The smallest absolute Gasteiger partial charge is 0.223 e. The van der Waals surface area contributed by atoms with Crippen molar-refractivity contribution in [3.63, 3.8) is 0 Å². The van der Waals surface area contributed by atoms with E-state index in [1.807, 2.05) is 17.2 Å². The van der Waals surface area contributed by atoms with Gasteiger partial charge in [-0.15, -0.1) is 0 Å². The second-order valence-electron chi connectivity index (χ2n) is 5.11. The average molecular weight is 306 g/mol. The van der Waals surface area contributed by atoms with Crippen LogP contribution in [0.25, 0.3) is 0 Å². The first kappa shape index (κ1) is 14.2. The number of aromatic amines is 1. The normalized spacial score (nSPS) is 18.9. The molecule has 3 rings (SSSR count). The van der Waals surface area contributed by atoms with E-state index in [9.17, 15) is 4.79 Å². The molecule has 3 heterocycles. The number of nitrogens with one attached hydrogen (secondary N) is 1. The fourth-order valence-corrected chi connectivity index (χ4v) is 3.08. The van der Waals surface area contributed by atoms with E-state index in [1.165, 1.54) is 5.56 Å². The van der Waals surface area contributed by atoms with Gasteiger partial charge in [-0.3, -0.25) is 9.89 Å². The molecule has 21 heavy (non-hydrogen) atoms. The number of thiophene rings is 1. The zero-order chi connectivity index (χ0) is 14.7. The molecule has 1 amide bonds. The van der Waals surface area contributed by atoms with Crippen molar-refractivity contribution in [1.82, 2.24) is 20.1 Å². The molecule has 1 N–H and O–H groups in total. The summed E-state index contributed by atoms with van der Waals surface area (Å²) in [5.74, 6) is 1.55. The Kier molecular flexibility index (Phi) is 4.31. The van der Waals surface area contributed by atoms with Crippen LogP contribution in [0, 0.1) is 6.92 Å². The second kappa shape index (κ2) is 6.36. The number of ether oxygens (including phenoxy) is 1. The van der Waals surface area contributed by atoms with Crippen LogP contribution in [-0.4, -0.2) is 45.7 Å². The van der Waals surface area contributed by atoms with Crippen molar-refractivity contribution >= 4 is 17.2 Å². The Hall–Kier alpha value is -1.73. The van der Waals surface area contributed by atoms with Crippen molar-refractivity contribution in [2.75, 3.05) is 19.7 Å². The zero-order valence-electron chi connectivity index (χ0n) is 11.9. The Morgan fingerprint density at radius 3 is 3.24 bits per heavy atom. The molecule has 1 aliphatic rings. The van der Waals surface area contributed by atoms with Gasteiger partial charge in [0.15, 0.2) is 5.82 Å². The molecule has 0 aromatic carbocycles. The highest BCUT2D eigenvalue weighted by Gasteiger charge is 2.27. The monoisotopic (exact) mass is 306 g/mol. The summed E-state index contributed by atoms with van der Waals surface area (Å²) >= 11 is 1.66. The standard InChI is InChI=1S/C14H18N4O2S/c1-10-15-14(17-16-10)12-8-18(5-6-20-12)13(19)3-2-11-4-7-21-9-11/h4,7,9,12H,2-3,5-6,8H2,1H3,(H,15,16,17)/t12-/m0/s1. The van der Waals surface area contributed by atoms with Gasteiger partial charge in [0.1, 0.15) is 11.9 Å². The number of aryl methyl sites for hydroxylation is 2. The SMILES string of the molecule is Cc1nc([C@@H]2CN(C(=O)CCc3ccsc3)CCO2)n[nH]1. The number of nitrogens with zero attached hydrogens (tertiary/aromatic N) is 3. The van der Waals surface area contributed by atoms with Gasteiger partial charge in [-0.25, -0.2) is 4.98 Å². The van der Waals surface area contributed by atoms with Crippen molar-refractivity contribution in [1.29, 1.82) is 0 Å². The van der Waals surface area contributed by atoms with E-state index in [0.29, 0.717) is 31.9 Å². The van der Waals surface area contributed by atoms with Gasteiger partial charge in [-0.1, -0.05) is 0 Å². The van der Waals surface area contributed by atoms with Gasteiger partial charge in [-0.2, -0.15) is 16.4 Å². The van der Waals surface area contributed by atoms with Gasteiger partial charge in [-0.05, 0) is 35.7 Å². The molecular weight excluding hydrogens is 288 g/mol. The molecule has 0 aliphatic carbocycles. The third-order valence-electron chi connectivity index (χ3n) is 3.53. The fourth-order valence-electron chi connectivity index (χ4n) is 2.38. The van der Waals surface area contributed by atoms with Crippen LogP contribution in [0.5, 0.6) is 0 Å². The lowest BCUT2D eigenvalue weighted by molar-refractivity contribution is -0.139. The Morgan fingerprint density at radius 1 is 1.62 bits per heavy atom. The van der Waals surface area contributed by atoms with Crippen molar-refractivity contribution in [2.24, 2.45) is 0 Å². The maximum atomic E-state index is 12.3. The van der Waals surface area contributed by atoms with Crippen LogP contribution in [0.3, 0.4) is 0 Å². The molecular formula is C14H18N4O2S. The topological polar surface area (TPSA) is 71.1 Å². The summed E-state index contributed by atoms with van der Waals surface area (Å²) in [4.78, 5) is 18.4. The molecule has 0 bridgehead atoms. The maximum Gasteiger partial charge on any atom is 0.223 e. The molecule has 2 aromatic rings. The predicted octanol–water partition coefficient (Wildman–Crippen LogP) is 1.71. The van der Waals surface area contributed by atoms with Gasteiger partial charge in [0, 0.05) is 13.0 Å². The summed E-state index contributed by atoms with van der Waals surface area (Å²) in [6, 6.07) is 2.07. The molecule has 0 spiro atoms. The highest BCUT2D eigenvalue weighted by Crippen LogP contribution is 2.20. The molecule has 6 nitrogen and oxygen atoms in total. The van der Waals surface area contributed by atoms with E-state index in [0.717, 1.165) is 12.2 Å². The molecule has 2 aromatic heterocycles. The lowest BCUT2D eigenvalue weighted by Crippen LogP contribution is -2.42. The third kappa shape index (κ3) is 3.48. The highest BCUT2D eigenvalue weighted by atomic mass is 32.1. The predicted molar refractivity (Wildman–Crippen MR) is 79.0 cm³/mol. The number of H-pyrrole nitrogens is 1. The maximum absolute atomic E-state index is 12.3. The molecule has 1 aliphatic heterocycles. The number of hydrogen-bond acceptors (Lipinski definition) is 5. The van der Waals surface area contributed by atoms with Crippen LogP contribution in [0.4, 0.5) is 0 Å². The highest BCUT2D eigenvalue weighted by molar-refractivity contribution is 7.07. The summed E-state index contributed by atoms with van der Waals surface area (Å²) in [7, 11) is 0. The largest absolute Gasteiger partial charge is 0.366 e. The molecule has 1 fully saturated rings. The number of hydrogen-bond donors (Lipinski definition) is 1. The summed E-state index contributed by atoms with van der Waals surface area (Å²) in [6.45, 7) is 3.55. The summed E-state index contributed by atoms with van der Waals surface area (Å²) < 4.78 is 5.67. The van der Waals surface area contributed by atoms with Gasteiger partial charge in [0.25, 0.3) is 0 Å². The van der Waals surface area contributed by atoms with Crippen LogP contribution in [0.1, 0.15) is 29.7 Å². The van der Waals surface area contributed by atoms with E-state index in [1.54, 1.807) is 11.3 Å². The number of morpholine rings is 1. The fraction of sp³-hybridized carbons (Fsp3) is 0.500. The van der Waals surface area contributed by atoms with Gasteiger partial charge in [0.05, 0.1) is 13.2 Å². The van der Waals surface area contributed by atoms with E-state index in [-0.39, 0.29) is 12.0 Å². The third-order valence-corrected chi connectivity index (χ3v) is 4.26. The molecule has 112 valence electrons. The molecule has 1 atom stereocenters. The van der Waals surface area contributed by atoms with Crippen LogP contribution < -0.4 is 0 Å². The van der Waals surface area contributed by atoms with Crippen LogP contribution >= 0.6 is 11.3 Å². The molecule has 1 saturated heterocycles. The number of amides is 1. The Balaban J connectivity index is 1.56.